The molecule has 1 saturated heterocycles. The molecule has 2 aromatic heterocycles. The Balaban J connectivity index is 1.63. The molecule has 0 amide bonds. The molecule has 1 aliphatic heterocycles. The first-order valence-electron chi connectivity index (χ1n) is 11.0. The van der Waals surface area contributed by atoms with Crippen LogP contribution in [0.1, 0.15) is 68.4 Å². The highest BCUT2D eigenvalue weighted by molar-refractivity contribution is 5.80. The Kier molecular flexibility index (Phi) is 5.25. The number of hydrogen-bond donors (Lipinski definition) is 1. The largest absolute Gasteiger partial charge is 0.497 e. The number of rotatable bonds is 5. The van der Waals surface area contributed by atoms with Crippen LogP contribution in [-0.2, 0) is 0 Å². The number of fused-ring (bicyclic) bond motifs is 1. The second kappa shape index (κ2) is 8.18. The van der Waals surface area contributed by atoms with Crippen molar-refractivity contribution in [2.75, 3.05) is 20.2 Å². The number of nitrogens with one attached hydrogen (secondary N) is 1. The second-order valence-electron chi connectivity index (χ2n) is 8.43. The van der Waals surface area contributed by atoms with E-state index in [9.17, 15) is 4.79 Å². The summed E-state index contributed by atoms with van der Waals surface area (Å²) >= 11 is 0. The van der Waals surface area contributed by atoms with Gasteiger partial charge in [-0.1, -0.05) is 19.3 Å². The number of methoxy groups -OCH3 is 1. The Morgan fingerprint density at radius 2 is 1.90 bits per heavy atom. The molecule has 2 aliphatic rings. The lowest BCUT2D eigenvalue weighted by Gasteiger charge is -2.29. The van der Waals surface area contributed by atoms with E-state index in [0.29, 0.717) is 11.6 Å². The molecule has 8 nitrogen and oxygen atoms in total. The lowest BCUT2D eigenvalue weighted by molar-refractivity contribution is 0.243. The van der Waals surface area contributed by atoms with E-state index >= 15 is 0 Å². The van der Waals surface area contributed by atoms with Gasteiger partial charge in [-0.05, 0) is 73.5 Å². The van der Waals surface area contributed by atoms with E-state index in [-0.39, 0.29) is 11.6 Å². The molecule has 1 aromatic carbocycles. The number of pyridine rings is 1. The van der Waals surface area contributed by atoms with E-state index in [1.165, 1.54) is 19.3 Å². The molecule has 1 N–H and O–H groups in total. The van der Waals surface area contributed by atoms with E-state index in [2.05, 4.69) is 25.4 Å². The van der Waals surface area contributed by atoms with Gasteiger partial charge in [0, 0.05) is 16.5 Å². The molecule has 0 bridgehead atoms. The van der Waals surface area contributed by atoms with Crippen LogP contribution >= 0.6 is 0 Å². The predicted molar refractivity (Wildman–Crippen MR) is 114 cm³/mol. The van der Waals surface area contributed by atoms with Crippen LogP contribution in [0, 0.1) is 0 Å². The van der Waals surface area contributed by atoms with E-state index < -0.39 is 0 Å². The van der Waals surface area contributed by atoms with Crippen molar-refractivity contribution in [3.63, 3.8) is 0 Å². The highest BCUT2D eigenvalue weighted by atomic mass is 16.5. The number of aromatic amines is 1. The zero-order chi connectivity index (χ0) is 20.5. The molecule has 2 fully saturated rings. The minimum atomic E-state index is -0.247. The summed E-state index contributed by atoms with van der Waals surface area (Å²) in [4.78, 5) is 18.6. The number of benzene rings is 1. The monoisotopic (exact) mass is 408 g/mol. The SMILES string of the molecule is COc1ccc2[nH]c(=O)c([C@@H](c3nnnn3C3CCCCC3)N3CCCC3)cc2c1. The van der Waals surface area contributed by atoms with Gasteiger partial charge in [0.05, 0.1) is 13.2 Å². The van der Waals surface area contributed by atoms with Crippen LogP contribution in [0.25, 0.3) is 10.9 Å². The third-order valence-corrected chi connectivity index (χ3v) is 6.56. The highest BCUT2D eigenvalue weighted by Crippen LogP contribution is 2.34. The molecular weight excluding hydrogens is 380 g/mol. The number of likely N-dealkylation sites (tertiary alicyclic amines) is 1. The van der Waals surface area contributed by atoms with Crippen molar-refractivity contribution >= 4 is 10.9 Å². The van der Waals surface area contributed by atoms with Crippen molar-refractivity contribution in [2.45, 2.75) is 57.0 Å². The third-order valence-electron chi connectivity index (χ3n) is 6.56. The van der Waals surface area contributed by atoms with Crippen molar-refractivity contribution in [2.24, 2.45) is 0 Å². The van der Waals surface area contributed by atoms with E-state index in [0.717, 1.165) is 61.2 Å². The zero-order valence-electron chi connectivity index (χ0n) is 17.4. The smallest absolute Gasteiger partial charge is 0.253 e. The summed E-state index contributed by atoms with van der Waals surface area (Å²) in [5.74, 6) is 1.56. The van der Waals surface area contributed by atoms with Gasteiger partial charge < -0.3 is 9.72 Å². The number of H-pyrrole nitrogens is 1. The fraction of sp³-hybridized carbons (Fsp3) is 0.545. The fourth-order valence-corrected chi connectivity index (χ4v) is 5.00. The zero-order valence-corrected chi connectivity index (χ0v) is 17.4. The van der Waals surface area contributed by atoms with Crippen molar-refractivity contribution in [3.8, 4) is 5.75 Å². The molecule has 3 heterocycles. The van der Waals surface area contributed by atoms with Crippen molar-refractivity contribution in [1.82, 2.24) is 30.1 Å². The van der Waals surface area contributed by atoms with E-state index in [1.54, 1.807) is 7.11 Å². The summed E-state index contributed by atoms with van der Waals surface area (Å²) in [6.07, 6.45) is 8.12. The Bertz CT molecular complexity index is 1080. The van der Waals surface area contributed by atoms with Gasteiger partial charge in [0.15, 0.2) is 5.82 Å². The summed E-state index contributed by atoms with van der Waals surface area (Å²) in [5, 5.41) is 13.8. The highest BCUT2D eigenvalue weighted by Gasteiger charge is 2.33. The van der Waals surface area contributed by atoms with Crippen LogP contribution in [0.15, 0.2) is 29.1 Å². The van der Waals surface area contributed by atoms with Gasteiger partial charge in [-0.2, -0.15) is 0 Å². The van der Waals surface area contributed by atoms with E-state index in [1.807, 2.05) is 28.9 Å². The van der Waals surface area contributed by atoms with Crippen LogP contribution in [0.2, 0.25) is 0 Å². The average molecular weight is 409 g/mol. The van der Waals surface area contributed by atoms with Crippen LogP contribution < -0.4 is 10.3 Å². The molecule has 8 heteroatoms. The summed E-state index contributed by atoms with van der Waals surface area (Å²) in [6.45, 7) is 1.88. The van der Waals surface area contributed by atoms with Gasteiger partial charge in [0.25, 0.3) is 5.56 Å². The van der Waals surface area contributed by atoms with Crippen LogP contribution in [-0.4, -0.2) is 50.3 Å². The molecular formula is C22H28N6O2. The van der Waals surface area contributed by atoms with Crippen LogP contribution in [0.3, 0.4) is 0 Å². The first-order chi connectivity index (χ1) is 14.7. The van der Waals surface area contributed by atoms with Gasteiger partial charge in [0.1, 0.15) is 11.8 Å². The Labute approximate surface area is 175 Å². The first kappa shape index (κ1) is 19.2. The lowest BCUT2D eigenvalue weighted by Crippen LogP contribution is -2.34. The average Bonchev–Trinajstić information content (AvgIpc) is 3.48. The minimum Gasteiger partial charge on any atom is -0.497 e. The Hall–Kier alpha value is -2.74. The predicted octanol–water partition coefficient (Wildman–Crippen LogP) is 3.21. The molecule has 5 rings (SSSR count). The maximum absolute atomic E-state index is 13.2. The molecule has 30 heavy (non-hydrogen) atoms. The topological polar surface area (TPSA) is 88.9 Å². The fourth-order valence-electron chi connectivity index (χ4n) is 5.00. The van der Waals surface area contributed by atoms with Crippen LogP contribution in [0.4, 0.5) is 0 Å². The number of nitrogens with zero attached hydrogens (tertiary/aromatic N) is 5. The number of aromatic nitrogens is 5. The molecule has 1 saturated carbocycles. The standard InChI is InChI=1S/C22H28N6O2/c1-30-17-9-10-19-15(13-17)14-18(22(29)23-19)20(27-11-5-6-12-27)21-24-25-26-28(21)16-7-3-2-4-8-16/h9-10,13-14,16,20H,2-8,11-12H2,1H3,(H,23,29)/t20-/m0/s1. The van der Waals surface area contributed by atoms with Gasteiger partial charge in [-0.3, -0.25) is 9.69 Å². The quantitative estimate of drug-likeness (QED) is 0.697. The molecule has 158 valence electrons. The van der Waals surface area contributed by atoms with Gasteiger partial charge in [0.2, 0.25) is 0 Å². The molecule has 0 unspecified atom stereocenters. The first-order valence-corrected chi connectivity index (χ1v) is 11.0. The van der Waals surface area contributed by atoms with Gasteiger partial charge >= 0.3 is 0 Å². The summed E-state index contributed by atoms with van der Waals surface area (Å²) in [7, 11) is 1.65. The number of ether oxygens (including phenoxy) is 1. The maximum atomic E-state index is 13.2. The van der Waals surface area contributed by atoms with E-state index in [4.69, 9.17) is 4.74 Å². The maximum Gasteiger partial charge on any atom is 0.253 e. The molecule has 3 aromatic rings. The summed E-state index contributed by atoms with van der Waals surface area (Å²) in [6, 6.07) is 7.76. The Morgan fingerprint density at radius 3 is 2.67 bits per heavy atom. The number of tetrazole rings is 1. The molecule has 1 aliphatic carbocycles. The third kappa shape index (κ3) is 3.49. The molecule has 0 spiro atoms. The minimum absolute atomic E-state index is 0.0808. The van der Waals surface area contributed by atoms with Crippen molar-refractivity contribution in [3.05, 3.63) is 46.0 Å². The van der Waals surface area contributed by atoms with Crippen molar-refractivity contribution < 1.29 is 4.74 Å². The van der Waals surface area contributed by atoms with Crippen molar-refractivity contribution in [1.29, 1.82) is 0 Å². The summed E-state index contributed by atoms with van der Waals surface area (Å²) < 4.78 is 7.38. The van der Waals surface area contributed by atoms with Gasteiger partial charge in [-0.25, -0.2) is 4.68 Å². The van der Waals surface area contributed by atoms with Gasteiger partial charge in [-0.15, -0.1) is 5.10 Å². The second-order valence-corrected chi connectivity index (χ2v) is 8.43. The lowest BCUT2D eigenvalue weighted by atomic mass is 9.95. The molecule has 0 radical (unpaired) electrons. The summed E-state index contributed by atoms with van der Waals surface area (Å²) in [5.41, 5.74) is 1.42. The Morgan fingerprint density at radius 1 is 1.10 bits per heavy atom. The number of hydrogen-bond acceptors (Lipinski definition) is 6. The molecule has 1 atom stereocenters. The normalized spacial score (nSPS) is 19.4. The van der Waals surface area contributed by atoms with Crippen LogP contribution in [0.5, 0.6) is 5.75 Å².